The summed E-state index contributed by atoms with van der Waals surface area (Å²) >= 11 is 0. The first-order chi connectivity index (χ1) is 26.3. The van der Waals surface area contributed by atoms with Crippen LogP contribution < -0.4 is 16.4 Å². The van der Waals surface area contributed by atoms with Crippen molar-refractivity contribution >= 4 is 23.2 Å². The molecule has 0 aromatic heterocycles. The van der Waals surface area contributed by atoms with Crippen LogP contribution >= 0.6 is 0 Å². The zero-order valence-electron chi connectivity index (χ0n) is 30.8. The molecule has 0 saturated carbocycles. The molecule has 5 aromatic rings. The SMILES string of the molecule is CN(Cc1ccccc1)C[C@H]1C[C@@H](c2ccc(CO)cc2)O[C@@H](c2cccc(-c3cccc(CNC(=O)CCCCC(=O)Nc4ccccc4N)c3)c2)O1. The summed E-state index contributed by atoms with van der Waals surface area (Å²) in [5, 5.41) is 15.4. The number of nitrogens with two attached hydrogens (primary N) is 1. The summed E-state index contributed by atoms with van der Waals surface area (Å²) in [5.41, 5.74) is 14.2. The molecule has 9 nitrogen and oxygen atoms in total. The molecule has 3 atom stereocenters. The molecule has 1 aliphatic heterocycles. The lowest BCUT2D eigenvalue weighted by Gasteiger charge is -2.38. The number of nitrogens with zero attached hydrogens (tertiary/aromatic N) is 1. The van der Waals surface area contributed by atoms with Gasteiger partial charge in [-0.3, -0.25) is 14.5 Å². The number of aliphatic hydroxyl groups is 1. The minimum Gasteiger partial charge on any atom is -0.397 e. The summed E-state index contributed by atoms with van der Waals surface area (Å²) in [6, 6.07) is 42.0. The summed E-state index contributed by atoms with van der Waals surface area (Å²) < 4.78 is 13.3. The number of benzene rings is 5. The second-order valence-corrected chi connectivity index (χ2v) is 14.0. The number of ether oxygens (including phenoxy) is 2. The molecule has 0 spiro atoms. The molecule has 1 saturated heterocycles. The summed E-state index contributed by atoms with van der Waals surface area (Å²) in [5.74, 6) is -0.165. The van der Waals surface area contributed by atoms with E-state index in [0.29, 0.717) is 50.0 Å². The van der Waals surface area contributed by atoms with Crippen molar-refractivity contribution in [1.82, 2.24) is 10.2 Å². The number of amides is 2. The van der Waals surface area contributed by atoms with Crippen molar-refractivity contribution in [3.8, 4) is 11.1 Å². The number of hydrogen-bond donors (Lipinski definition) is 4. The molecule has 2 amide bonds. The normalized spacial score (nSPS) is 16.9. The fourth-order valence-corrected chi connectivity index (χ4v) is 6.75. The van der Waals surface area contributed by atoms with Crippen LogP contribution in [-0.4, -0.2) is 41.5 Å². The highest BCUT2D eigenvalue weighted by atomic mass is 16.7. The van der Waals surface area contributed by atoms with Gasteiger partial charge in [-0.05, 0) is 77.5 Å². The first kappa shape index (κ1) is 38.4. The molecule has 0 radical (unpaired) electrons. The highest BCUT2D eigenvalue weighted by molar-refractivity contribution is 5.93. The monoisotopic (exact) mass is 726 g/mol. The number of unbranched alkanes of at least 4 members (excludes halogenated alkanes) is 1. The lowest BCUT2D eigenvalue weighted by molar-refractivity contribution is -0.252. The Labute approximate surface area is 318 Å². The highest BCUT2D eigenvalue weighted by Gasteiger charge is 2.33. The Morgan fingerprint density at radius 1 is 0.741 bits per heavy atom. The Morgan fingerprint density at radius 3 is 2.19 bits per heavy atom. The molecular weight excluding hydrogens is 677 g/mol. The molecule has 1 fully saturated rings. The molecule has 6 rings (SSSR count). The van der Waals surface area contributed by atoms with Gasteiger partial charge in [0.1, 0.15) is 0 Å². The van der Waals surface area contributed by atoms with Crippen molar-refractivity contribution in [1.29, 1.82) is 0 Å². The van der Waals surface area contributed by atoms with Crippen molar-refractivity contribution in [3.63, 3.8) is 0 Å². The van der Waals surface area contributed by atoms with E-state index >= 15 is 0 Å². The molecule has 5 aromatic carbocycles. The second-order valence-electron chi connectivity index (χ2n) is 14.0. The van der Waals surface area contributed by atoms with Gasteiger partial charge in [-0.15, -0.1) is 0 Å². The van der Waals surface area contributed by atoms with Gasteiger partial charge in [0.05, 0.1) is 30.2 Å². The van der Waals surface area contributed by atoms with Gasteiger partial charge in [0.25, 0.3) is 0 Å². The minimum atomic E-state index is -0.568. The fourth-order valence-electron chi connectivity index (χ4n) is 6.75. The van der Waals surface area contributed by atoms with Gasteiger partial charge < -0.3 is 30.9 Å². The third-order valence-corrected chi connectivity index (χ3v) is 9.63. The summed E-state index contributed by atoms with van der Waals surface area (Å²) in [6.07, 6.45) is 1.79. The number of likely N-dealkylation sites (N-methyl/N-ethyl adjacent to an activating group) is 1. The Bertz CT molecular complexity index is 1970. The average molecular weight is 727 g/mol. The predicted molar refractivity (Wildman–Crippen MR) is 213 cm³/mol. The Balaban J connectivity index is 1.06. The largest absolute Gasteiger partial charge is 0.397 e. The first-order valence-electron chi connectivity index (χ1n) is 18.7. The van der Waals surface area contributed by atoms with Crippen molar-refractivity contribution in [2.75, 3.05) is 24.6 Å². The summed E-state index contributed by atoms with van der Waals surface area (Å²) in [7, 11) is 2.12. The summed E-state index contributed by atoms with van der Waals surface area (Å²) in [4.78, 5) is 27.2. The van der Waals surface area contributed by atoms with E-state index in [1.165, 1.54) is 5.56 Å². The third-order valence-electron chi connectivity index (χ3n) is 9.63. The average Bonchev–Trinajstić information content (AvgIpc) is 3.20. The molecule has 0 bridgehead atoms. The van der Waals surface area contributed by atoms with Crippen molar-refractivity contribution in [2.45, 2.75) is 70.3 Å². The van der Waals surface area contributed by atoms with E-state index in [0.717, 1.165) is 46.5 Å². The second kappa shape index (κ2) is 19.1. The number of carbonyl (C=O) groups excluding carboxylic acids is 2. The predicted octanol–water partition coefficient (Wildman–Crippen LogP) is 7.92. The Hall–Kier alpha value is -5.32. The van der Waals surface area contributed by atoms with E-state index in [4.69, 9.17) is 15.2 Å². The molecule has 0 unspecified atom stereocenters. The Morgan fingerprint density at radius 2 is 1.43 bits per heavy atom. The summed E-state index contributed by atoms with van der Waals surface area (Å²) in [6.45, 7) is 1.97. The minimum absolute atomic E-state index is 0.00119. The van der Waals surface area contributed by atoms with Crippen LogP contribution in [0.2, 0.25) is 0 Å². The van der Waals surface area contributed by atoms with Gasteiger partial charge in [-0.1, -0.05) is 103 Å². The van der Waals surface area contributed by atoms with Crippen LogP contribution in [-0.2, 0) is 38.8 Å². The van der Waals surface area contributed by atoms with Crippen LogP contribution in [0.3, 0.4) is 0 Å². The van der Waals surface area contributed by atoms with Crippen LogP contribution in [0.1, 0.15) is 72.3 Å². The number of nitrogens with one attached hydrogen (secondary N) is 2. The molecule has 1 aliphatic rings. The molecular formula is C45H50N4O5. The number of anilines is 2. The van der Waals surface area contributed by atoms with Gasteiger partial charge >= 0.3 is 0 Å². The Kier molecular flexibility index (Phi) is 13.6. The quantitative estimate of drug-likeness (QED) is 0.0601. The number of rotatable bonds is 16. The highest BCUT2D eigenvalue weighted by Crippen LogP contribution is 2.39. The molecule has 0 aliphatic carbocycles. The van der Waals surface area contributed by atoms with Gasteiger partial charge in [0, 0.05) is 44.5 Å². The topological polar surface area (TPSA) is 126 Å². The standard InChI is InChI=1S/C45H50N4O5/c1-49(29-32-11-3-2-4-12-32)30-39-27-42(35-23-21-33(31-50)22-24-35)54-45(53-39)38-16-10-15-37(26-38)36-14-9-13-34(25-36)28-47-43(51)19-7-8-20-44(52)48-41-18-6-5-17-40(41)46/h2-6,9-18,21-26,39,42,45,50H,7-8,19-20,27-31,46H2,1H3,(H,47,51)(H,48,52)/t39-,42+,45+/m1/s1. The molecule has 9 heteroatoms. The van der Waals surface area contributed by atoms with Crippen LogP contribution in [0.15, 0.2) is 127 Å². The first-order valence-corrected chi connectivity index (χ1v) is 18.7. The van der Waals surface area contributed by atoms with Crippen molar-refractivity contribution in [3.05, 3.63) is 155 Å². The van der Waals surface area contributed by atoms with E-state index in [1.807, 2.05) is 66.7 Å². The van der Waals surface area contributed by atoms with E-state index < -0.39 is 6.29 Å². The van der Waals surface area contributed by atoms with Crippen molar-refractivity contribution < 1.29 is 24.2 Å². The number of nitrogen functional groups attached to an aromatic ring is 1. The number of hydrogen-bond acceptors (Lipinski definition) is 7. The van der Waals surface area contributed by atoms with Gasteiger partial charge in [-0.2, -0.15) is 0 Å². The maximum Gasteiger partial charge on any atom is 0.224 e. The van der Waals surface area contributed by atoms with E-state index in [-0.39, 0.29) is 30.6 Å². The van der Waals surface area contributed by atoms with E-state index in [1.54, 1.807) is 12.1 Å². The van der Waals surface area contributed by atoms with E-state index in [2.05, 4.69) is 71.1 Å². The maximum atomic E-state index is 12.6. The van der Waals surface area contributed by atoms with Gasteiger partial charge in [0.2, 0.25) is 11.8 Å². The smallest absolute Gasteiger partial charge is 0.224 e. The van der Waals surface area contributed by atoms with Gasteiger partial charge in [0.15, 0.2) is 6.29 Å². The lowest BCUT2D eigenvalue weighted by atomic mass is 9.98. The van der Waals surface area contributed by atoms with Crippen LogP contribution in [0.5, 0.6) is 0 Å². The van der Waals surface area contributed by atoms with E-state index in [9.17, 15) is 14.7 Å². The van der Waals surface area contributed by atoms with Gasteiger partial charge in [-0.25, -0.2) is 0 Å². The third kappa shape index (κ3) is 11.1. The molecule has 280 valence electrons. The molecule has 1 heterocycles. The number of aliphatic hydroxyl groups excluding tert-OH is 1. The maximum absolute atomic E-state index is 12.6. The van der Waals surface area contributed by atoms with Crippen molar-refractivity contribution in [2.24, 2.45) is 0 Å². The molecule has 54 heavy (non-hydrogen) atoms. The van der Waals surface area contributed by atoms with Crippen LogP contribution in [0.4, 0.5) is 11.4 Å². The fraction of sp³-hybridized carbons (Fsp3) is 0.289. The van der Waals surface area contributed by atoms with Crippen LogP contribution in [0.25, 0.3) is 11.1 Å². The number of para-hydroxylation sites is 2. The number of carbonyl (C=O) groups is 2. The lowest BCUT2D eigenvalue weighted by Crippen LogP contribution is -2.37. The molecule has 5 N–H and O–H groups in total. The van der Waals surface area contributed by atoms with Crippen LogP contribution in [0, 0.1) is 0 Å². The zero-order chi connectivity index (χ0) is 37.7. The zero-order valence-corrected chi connectivity index (χ0v) is 30.8.